The summed E-state index contributed by atoms with van der Waals surface area (Å²) in [7, 11) is -3.40. The average molecular weight is 512 g/mol. The first kappa shape index (κ1) is 25.5. The molecule has 190 valence electrons. The number of anilines is 2. The van der Waals surface area contributed by atoms with E-state index in [0.717, 1.165) is 12.8 Å². The van der Waals surface area contributed by atoms with Gasteiger partial charge in [-0.3, -0.25) is 9.10 Å². The van der Waals surface area contributed by atoms with Crippen molar-refractivity contribution in [2.75, 3.05) is 29.0 Å². The van der Waals surface area contributed by atoms with E-state index >= 15 is 0 Å². The Labute approximate surface area is 210 Å². The molecule has 0 saturated heterocycles. The molecule has 4 rings (SSSR count). The van der Waals surface area contributed by atoms with E-state index in [9.17, 15) is 18.3 Å². The molecular formula is C26H29N3O6S. The predicted octanol–water partition coefficient (Wildman–Crippen LogP) is 4.06. The highest BCUT2D eigenvalue weighted by molar-refractivity contribution is 7.92. The first-order valence-electron chi connectivity index (χ1n) is 11.6. The van der Waals surface area contributed by atoms with Crippen molar-refractivity contribution in [2.45, 2.75) is 25.9 Å². The molecule has 1 aliphatic rings. The summed E-state index contributed by atoms with van der Waals surface area (Å²) >= 11 is 0. The smallest absolute Gasteiger partial charge is 0.257 e. The molecule has 0 spiro atoms. The number of sulfonamides is 1. The molecule has 36 heavy (non-hydrogen) atoms. The quantitative estimate of drug-likeness (QED) is 0.399. The summed E-state index contributed by atoms with van der Waals surface area (Å²) in [5.41, 5.74) is 0.851. The lowest BCUT2D eigenvalue weighted by Crippen LogP contribution is -2.31. The Morgan fingerprint density at radius 2 is 1.83 bits per heavy atom. The summed E-state index contributed by atoms with van der Waals surface area (Å²) in [5.74, 6) is 1.55. The Morgan fingerprint density at radius 3 is 2.44 bits per heavy atom. The van der Waals surface area contributed by atoms with E-state index in [1.165, 1.54) is 10.6 Å². The second-order valence-electron chi connectivity index (χ2n) is 8.81. The molecule has 1 heterocycles. The normalized spacial score (nSPS) is 14.1. The summed E-state index contributed by atoms with van der Waals surface area (Å²) in [6, 6.07) is 16.7. The number of aliphatic hydroxyl groups excluding tert-OH is 1. The fourth-order valence-electron chi connectivity index (χ4n) is 3.51. The van der Waals surface area contributed by atoms with Gasteiger partial charge in [0.15, 0.2) is 0 Å². The number of aliphatic hydroxyl groups is 1. The Morgan fingerprint density at radius 1 is 1.11 bits per heavy atom. The van der Waals surface area contributed by atoms with Crippen LogP contribution in [0.15, 0.2) is 66.9 Å². The van der Waals surface area contributed by atoms with E-state index in [1.54, 1.807) is 73.8 Å². The summed E-state index contributed by atoms with van der Waals surface area (Å²) in [5, 5.41) is 12.1. The molecule has 0 bridgehead atoms. The maximum atomic E-state index is 12.9. The second kappa shape index (κ2) is 11.0. The van der Waals surface area contributed by atoms with E-state index in [1.807, 2.05) is 0 Å². The number of carbonyl (C=O) groups excluding carboxylic acids is 1. The van der Waals surface area contributed by atoms with Crippen molar-refractivity contribution >= 4 is 27.4 Å². The van der Waals surface area contributed by atoms with Crippen molar-refractivity contribution in [1.29, 1.82) is 0 Å². The number of nitrogens with one attached hydrogen (secondary N) is 1. The molecule has 1 aliphatic carbocycles. The van der Waals surface area contributed by atoms with E-state index in [2.05, 4.69) is 10.3 Å². The Kier molecular flexibility index (Phi) is 7.76. The Balaban J connectivity index is 1.56. The van der Waals surface area contributed by atoms with Crippen LogP contribution in [0, 0.1) is 5.92 Å². The van der Waals surface area contributed by atoms with Gasteiger partial charge in [-0.25, -0.2) is 13.4 Å². The standard InChI is InChI=1S/C26H29N3O6S/c1-18(17-30)34-23-13-20(26(31)28-25-5-3-4-12-27-25)14-24(15-23)35-22-10-8-21(9-11-22)29(36(2,32)33)16-19-6-7-19/h3-5,8-15,18-19,30H,6-7,16-17H2,1-2H3,(H,27,28,31)/t18-/m0/s1. The lowest BCUT2D eigenvalue weighted by Gasteiger charge is -2.22. The number of amides is 1. The van der Waals surface area contributed by atoms with Crippen LogP contribution in [0.4, 0.5) is 11.5 Å². The van der Waals surface area contributed by atoms with E-state index in [-0.39, 0.29) is 12.2 Å². The first-order valence-corrected chi connectivity index (χ1v) is 13.5. The molecular weight excluding hydrogens is 482 g/mol. The fraction of sp³-hybridized carbons (Fsp3) is 0.308. The van der Waals surface area contributed by atoms with Crippen molar-refractivity contribution in [1.82, 2.24) is 4.98 Å². The Bertz CT molecular complexity index is 1300. The van der Waals surface area contributed by atoms with Crippen molar-refractivity contribution in [3.63, 3.8) is 0 Å². The highest BCUT2D eigenvalue weighted by atomic mass is 32.2. The average Bonchev–Trinajstić information content (AvgIpc) is 3.67. The van der Waals surface area contributed by atoms with Crippen LogP contribution in [0.25, 0.3) is 0 Å². The van der Waals surface area contributed by atoms with Crippen molar-refractivity contribution in [3.05, 3.63) is 72.4 Å². The van der Waals surface area contributed by atoms with E-state index < -0.39 is 22.0 Å². The SMILES string of the molecule is C[C@@H](CO)Oc1cc(Oc2ccc(N(CC3CC3)S(C)(=O)=O)cc2)cc(C(=O)Nc2ccccn2)c1. The molecule has 1 amide bonds. The lowest BCUT2D eigenvalue weighted by atomic mass is 10.1. The zero-order chi connectivity index (χ0) is 25.7. The molecule has 1 saturated carbocycles. The van der Waals surface area contributed by atoms with Crippen molar-refractivity contribution in [2.24, 2.45) is 5.92 Å². The number of benzene rings is 2. The number of pyridine rings is 1. The summed E-state index contributed by atoms with van der Waals surface area (Å²) in [6.45, 7) is 1.98. The molecule has 1 aromatic heterocycles. The summed E-state index contributed by atoms with van der Waals surface area (Å²) in [6.07, 6.45) is 4.37. The third-order valence-corrected chi connectivity index (χ3v) is 6.69. The van der Waals surface area contributed by atoms with Crippen LogP contribution in [-0.4, -0.2) is 49.9 Å². The van der Waals surface area contributed by atoms with Gasteiger partial charge in [-0.15, -0.1) is 0 Å². The second-order valence-corrected chi connectivity index (χ2v) is 10.7. The van der Waals surface area contributed by atoms with Crippen LogP contribution in [-0.2, 0) is 10.0 Å². The largest absolute Gasteiger partial charge is 0.488 e. The molecule has 1 fully saturated rings. The zero-order valence-corrected chi connectivity index (χ0v) is 20.9. The van der Waals surface area contributed by atoms with Gasteiger partial charge in [-0.05, 0) is 74.2 Å². The van der Waals surface area contributed by atoms with Crippen LogP contribution in [0.5, 0.6) is 17.2 Å². The monoisotopic (exact) mass is 511 g/mol. The number of hydrogen-bond acceptors (Lipinski definition) is 7. The van der Waals surface area contributed by atoms with Gasteiger partial charge < -0.3 is 19.9 Å². The molecule has 3 aromatic rings. The lowest BCUT2D eigenvalue weighted by molar-refractivity contribution is 0.102. The molecule has 9 nitrogen and oxygen atoms in total. The first-order chi connectivity index (χ1) is 17.2. The van der Waals surface area contributed by atoms with Gasteiger partial charge in [0.25, 0.3) is 5.91 Å². The molecule has 0 unspecified atom stereocenters. The van der Waals surface area contributed by atoms with Crippen LogP contribution in [0.3, 0.4) is 0 Å². The number of rotatable bonds is 11. The van der Waals surface area contributed by atoms with E-state index in [4.69, 9.17) is 9.47 Å². The zero-order valence-electron chi connectivity index (χ0n) is 20.1. The number of aromatic nitrogens is 1. The van der Waals surface area contributed by atoms with Crippen LogP contribution >= 0.6 is 0 Å². The number of hydrogen-bond donors (Lipinski definition) is 2. The predicted molar refractivity (Wildman–Crippen MR) is 137 cm³/mol. The maximum absolute atomic E-state index is 12.9. The van der Waals surface area contributed by atoms with Gasteiger partial charge in [-0.1, -0.05) is 6.07 Å². The van der Waals surface area contributed by atoms with Gasteiger partial charge in [0, 0.05) is 24.4 Å². The minimum atomic E-state index is -3.40. The minimum absolute atomic E-state index is 0.195. The number of nitrogens with zero attached hydrogens (tertiary/aromatic N) is 2. The van der Waals surface area contributed by atoms with Crippen LogP contribution in [0.2, 0.25) is 0 Å². The van der Waals surface area contributed by atoms with Gasteiger partial charge in [0.1, 0.15) is 29.2 Å². The number of ether oxygens (including phenoxy) is 2. The van der Waals surface area contributed by atoms with Gasteiger partial charge in [-0.2, -0.15) is 0 Å². The molecule has 2 N–H and O–H groups in total. The minimum Gasteiger partial charge on any atom is -0.488 e. The van der Waals surface area contributed by atoms with Gasteiger partial charge in [0.05, 0.1) is 18.6 Å². The topological polar surface area (TPSA) is 118 Å². The fourth-order valence-corrected chi connectivity index (χ4v) is 4.49. The Hall–Kier alpha value is -3.63. The molecule has 10 heteroatoms. The molecule has 0 aliphatic heterocycles. The highest BCUT2D eigenvalue weighted by Crippen LogP contribution is 2.34. The molecule has 0 radical (unpaired) electrons. The van der Waals surface area contributed by atoms with Gasteiger partial charge in [0.2, 0.25) is 10.0 Å². The third-order valence-electron chi connectivity index (χ3n) is 5.52. The van der Waals surface area contributed by atoms with E-state index in [0.29, 0.717) is 41.2 Å². The van der Waals surface area contributed by atoms with Crippen LogP contribution in [0.1, 0.15) is 30.1 Å². The maximum Gasteiger partial charge on any atom is 0.257 e. The number of carbonyl (C=O) groups is 1. The van der Waals surface area contributed by atoms with Crippen molar-refractivity contribution in [3.8, 4) is 17.2 Å². The van der Waals surface area contributed by atoms with Crippen LogP contribution < -0.4 is 19.1 Å². The highest BCUT2D eigenvalue weighted by Gasteiger charge is 2.28. The summed E-state index contributed by atoms with van der Waals surface area (Å²) < 4.78 is 37.7. The molecule has 2 aromatic carbocycles. The third kappa shape index (κ3) is 6.96. The van der Waals surface area contributed by atoms with Crippen molar-refractivity contribution < 1.29 is 27.8 Å². The van der Waals surface area contributed by atoms with Gasteiger partial charge >= 0.3 is 0 Å². The molecule has 1 atom stereocenters. The summed E-state index contributed by atoms with van der Waals surface area (Å²) in [4.78, 5) is 17.0.